The van der Waals surface area contributed by atoms with Gasteiger partial charge >= 0.3 is 23.9 Å². The van der Waals surface area contributed by atoms with Gasteiger partial charge in [0, 0.05) is 0 Å². The molecule has 4 unspecified atom stereocenters. The fourth-order valence-corrected chi connectivity index (χ4v) is 4.20. The second-order valence-corrected chi connectivity index (χ2v) is 6.44. The number of rotatable bonds is 4. The molecule has 22 heavy (non-hydrogen) atoms. The highest BCUT2D eigenvalue weighted by atomic mass is 16.4. The van der Waals surface area contributed by atoms with Crippen LogP contribution in [0.2, 0.25) is 0 Å². The summed E-state index contributed by atoms with van der Waals surface area (Å²) in [6.45, 7) is 0. The Morgan fingerprint density at radius 1 is 0.636 bits per heavy atom. The Morgan fingerprint density at radius 2 is 1.00 bits per heavy atom. The topological polar surface area (TPSA) is 149 Å². The van der Waals surface area contributed by atoms with E-state index < -0.39 is 53.0 Å². The number of carbonyl (C=O) groups is 4. The van der Waals surface area contributed by atoms with Crippen molar-refractivity contribution in [1.29, 1.82) is 0 Å². The SMILES string of the molecule is O=C(O)C1CC(C(=O)O)CC2(C1)CC(C(=O)O)CC2C(=O)O. The fraction of sp³-hybridized carbons (Fsp3) is 0.714. The summed E-state index contributed by atoms with van der Waals surface area (Å²) in [6, 6.07) is 0. The van der Waals surface area contributed by atoms with E-state index in [1.54, 1.807) is 0 Å². The van der Waals surface area contributed by atoms with Crippen LogP contribution in [0.3, 0.4) is 0 Å². The van der Waals surface area contributed by atoms with Crippen molar-refractivity contribution in [3.8, 4) is 0 Å². The van der Waals surface area contributed by atoms with Crippen molar-refractivity contribution < 1.29 is 39.6 Å². The smallest absolute Gasteiger partial charge is 0.307 e. The van der Waals surface area contributed by atoms with Crippen LogP contribution in [-0.2, 0) is 19.2 Å². The summed E-state index contributed by atoms with van der Waals surface area (Å²) in [7, 11) is 0. The lowest BCUT2D eigenvalue weighted by molar-refractivity contribution is -0.158. The molecule has 0 aromatic heterocycles. The summed E-state index contributed by atoms with van der Waals surface area (Å²) in [4.78, 5) is 45.3. The molecule has 2 rings (SSSR count). The quantitative estimate of drug-likeness (QED) is 0.594. The van der Waals surface area contributed by atoms with Crippen LogP contribution in [0.5, 0.6) is 0 Å². The lowest BCUT2D eigenvalue weighted by Gasteiger charge is -2.42. The largest absolute Gasteiger partial charge is 0.481 e. The standard InChI is InChI=1S/C14H18O8/c15-10(16)6-1-7(11(17)18)4-14(3-6)5-8(12(19)20)2-9(14)13(21)22/h6-9H,1-5H2,(H,15,16)(H,17,18)(H,19,20)(H,21,22). The molecule has 4 N–H and O–H groups in total. The maximum Gasteiger partial charge on any atom is 0.307 e. The third-order valence-corrected chi connectivity index (χ3v) is 5.13. The van der Waals surface area contributed by atoms with Gasteiger partial charge in [-0.1, -0.05) is 0 Å². The van der Waals surface area contributed by atoms with Crippen molar-refractivity contribution in [3.63, 3.8) is 0 Å². The first kappa shape index (κ1) is 16.3. The molecule has 2 aliphatic carbocycles. The van der Waals surface area contributed by atoms with Gasteiger partial charge in [-0.05, 0) is 37.5 Å². The molecule has 0 bridgehead atoms. The van der Waals surface area contributed by atoms with Crippen molar-refractivity contribution >= 4 is 23.9 Å². The van der Waals surface area contributed by atoms with Gasteiger partial charge in [0.2, 0.25) is 0 Å². The summed E-state index contributed by atoms with van der Waals surface area (Å²) in [5.41, 5.74) is -1.07. The summed E-state index contributed by atoms with van der Waals surface area (Å²) in [5, 5.41) is 37.0. The molecule has 0 aromatic carbocycles. The van der Waals surface area contributed by atoms with Gasteiger partial charge in [-0.15, -0.1) is 0 Å². The number of aliphatic carboxylic acids is 4. The minimum atomic E-state index is -1.18. The maximum absolute atomic E-state index is 11.5. The second kappa shape index (κ2) is 5.58. The normalized spacial score (nSPS) is 37.8. The fourth-order valence-electron chi connectivity index (χ4n) is 4.20. The zero-order valence-electron chi connectivity index (χ0n) is 11.8. The van der Waals surface area contributed by atoms with Gasteiger partial charge in [-0.25, -0.2) is 0 Å². The summed E-state index contributed by atoms with van der Waals surface area (Å²) in [5.74, 6) is -8.41. The predicted molar refractivity (Wildman–Crippen MR) is 70.0 cm³/mol. The molecule has 0 aliphatic heterocycles. The molecule has 0 saturated heterocycles. The molecular formula is C14H18O8. The monoisotopic (exact) mass is 314 g/mol. The first-order valence-electron chi connectivity index (χ1n) is 7.07. The lowest BCUT2D eigenvalue weighted by atomic mass is 9.60. The van der Waals surface area contributed by atoms with E-state index in [0.717, 1.165) is 0 Å². The Balaban J connectivity index is 2.38. The Bertz CT molecular complexity index is 503. The predicted octanol–water partition coefficient (Wildman–Crippen LogP) is 0.754. The minimum absolute atomic E-state index is 0.0207. The highest BCUT2D eigenvalue weighted by molar-refractivity contribution is 5.78. The first-order chi connectivity index (χ1) is 10.2. The van der Waals surface area contributed by atoms with Crippen LogP contribution in [-0.4, -0.2) is 44.3 Å². The molecule has 0 heterocycles. The van der Waals surface area contributed by atoms with Crippen molar-refractivity contribution in [2.75, 3.05) is 0 Å². The van der Waals surface area contributed by atoms with Gasteiger partial charge in [0.1, 0.15) is 0 Å². The second-order valence-electron chi connectivity index (χ2n) is 6.44. The van der Waals surface area contributed by atoms with Crippen LogP contribution in [0.15, 0.2) is 0 Å². The average Bonchev–Trinajstić information content (AvgIpc) is 2.77. The molecule has 1 spiro atoms. The van der Waals surface area contributed by atoms with Crippen LogP contribution in [0.4, 0.5) is 0 Å². The molecule has 2 saturated carbocycles. The van der Waals surface area contributed by atoms with Crippen molar-refractivity contribution in [3.05, 3.63) is 0 Å². The maximum atomic E-state index is 11.5. The lowest BCUT2D eigenvalue weighted by Crippen LogP contribution is -2.43. The van der Waals surface area contributed by atoms with E-state index in [4.69, 9.17) is 5.11 Å². The summed E-state index contributed by atoms with van der Waals surface area (Å²) in [6.07, 6.45) is -0.0631. The number of carboxylic acid groups (broad SMARTS) is 4. The van der Waals surface area contributed by atoms with Gasteiger partial charge in [0.15, 0.2) is 0 Å². The summed E-state index contributed by atoms with van der Waals surface area (Å²) >= 11 is 0. The number of hydrogen-bond donors (Lipinski definition) is 4. The van der Waals surface area contributed by atoms with E-state index in [2.05, 4.69) is 0 Å². The van der Waals surface area contributed by atoms with Crippen LogP contribution >= 0.6 is 0 Å². The Hall–Kier alpha value is -2.12. The highest BCUT2D eigenvalue weighted by Gasteiger charge is 2.57. The minimum Gasteiger partial charge on any atom is -0.481 e. The highest BCUT2D eigenvalue weighted by Crippen LogP contribution is 2.57. The average molecular weight is 314 g/mol. The van der Waals surface area contributed by atoms with Crippen molar-refractivity contribution in [2.24, 2.45) is 29.1 Å². The Morgan fingerprint density at radius 3 is 1.32 bits per heavy atom. The van der Waals surface area contributed by atoms with E-state index in [1.807, 2.05) is 0 Å². The van der Waals surface area contributed by atoms with Crippen LogP contribution in [0, 0.1) is 29.1 Å². The van der Waals surface area contributed by atoms with Crippen LogP contribution in [0.1, 0.15) is 32.1 Å². The van der Waals surface area contributed by atoms with Crippen LogP contribution < -0.4 is 0 Å². The molecule has 122 valence electrons. The van der Waals surface area contributed by atoms with Gasteiger partial charge in [0.05, 0.1) is 23.7 Å². The molecule has 8 heteroatoms. The third kappa shape index (κ3) is 2.77. The van der Waals surface area contributed by atoms with Gasteiger partial charge in [-0.3, -0.25) is 19.2 Å². The zero-order chi connectivity index (χ0) is 16.7. The van der Waals surface area contributed by atoms with Crippen molar-refractivity contribution in [1.82, 2.24) is 0 Å². The van der Waals surface area contributed by atoms with Gasteiger partial charge in [0.25, 0.3) is 0 Å². The zero-order valence-corrected chi connectivity index (χ0v) is 11.8. The number of carboxylic acids is 4. The molecule has 8 nitrogen and oxygen atoms in total. The molecular weight excluding hydrogens is 296 g/mol. The van der Waals surface area contributed by atoms with Crippen molar-refractivity contribution in [2.45, 2.75) is 32.1 Å². The van der Waals surface area contributed by atoms with E-state index >= 15 is 0 Å². The van der Waals surface area contributed by atoms with E-state index in [9.17, 15) is 34.5 Å². The molecule has 2 aliphatic rings. The van der Waals surface area contributed by atoms with E-state index in [1.165, 1.54) is 0 Å². The third-order valence-electron chi connectivity index (χ3n) is 5.13. The molecule has 0 radical (unpaired) electrons. The molecule has 0 aromatic rings. The van der Waals surface area contributed by atoms with Gasteiger partial charge < -0.3 is 20.4 Å². The number of hydrogen-bond acceptors (Lipinski definition) is 4. The Labute approximate surface area is 125 Å². The first-order valence-corrected chi connectivity index (χ1v) is 7.07. The molecule has 0 amide bonds. The van der Waals surface area contributed by atoms with E-state index in [-0.39, 0.29) is 32.1 Å². The van der Waals surface area contributed by atoms with Gasteiger partial charge in [-0.2, -0.15) is 0 Å². The molecule has 2 fully saturated rings. The Kier molecular flexibility index (Phi) is 4.12. The van der Waals surface area contributed by atoms with E-state index in [0.29, 0.717) is 0 Å². The molecule has 4 atom stereocenters. The van der Waals surface area contributed by atoms with Crippen LogP contribution in [0.25, 0.3) is 0 Å². The summed E-state index contributed by atoms with van der Waals surface area (Å²) < 4.78 is 0.